The zero-order chi connectivity index (χ0) is 18.6. The first-order valence-corrected chi connectivity index (χ1v) is 9.66. The van der Waals surface area contributed by atoms with E-state index < -0.39 is 0 Å². The van der Waals surface area contributed by atoms with E-state index in [0.717, 1.165) is 40.2 Å². The number of aryl methyl sites for hydroxylation is 1. The molecule has 0 amide bonds. The maximum Gasteiger partial charge on any atom is 0.336 e. The summed E-state index contributed by atoms with van der Waals surface area (Å²) in [5, 5.41) is 3.78. The van der Waals surface area contributed by atoms with Gasteiger partial charge in [0.2, 0.25) is 0 Å². The van der Waals surface area contributed by atoms with E-state index >= 15 is 0 Å². The minimum atomic E-state index is -0.331. The number of fused-ring (bicyclic) bond motifs is 1. The molecule has 0 spiro atoms. The van der Waals surface area contributed by atoms with Gasteiger partial charge < -0.3 is 9.15 Å². The van der Waals surface area contributed by atoms with Crippen LogP contribution in [0.3, 0.4) is 0 Å². The van der Waals surface area contributed by atoms with Crippen LogP contribution in [-0.4, -0.2) is 9.97 Å². The highest BCUT2D eigenvalue weighted by molar-refractivity contribution is 7.13. The van der Waals surface area contributed by atoms with Crippen molar-refractivity contribution < 1.29 is 9.15 Å². The molecular weight excluding hydrogens is 360 g/mol. The average Bonchev–Trinajstić information content (AvgIpc) is 3.16. The van der Waals surface area contributed by atoms with Crippen LogP contribution >= 0.6 is 11.3 Å². The minimum absolute atomic E-state index is 0.331. The molecule has 4 rings (SSSR count). The molecular formula is C21H18N2O3S. The molecule has 0 aliphatic carbocycles. The monoisotopic (exact) mass is 378 g/mol. The van der Waals surface area contributed by atoms with Crippen molar-refractivity contribution >= 4 is 22.3 Å². The molecule has 6 heteroatoms. The van der Waals surface area contributed by atoms with Crippen LogP contribution in [0, 0.1) is 0 Å². The Bertz CT molecular complexity index is 1120. The van der Waals surface area contributed by atoms with E-state index in [1.54, 1.807) is 18.3 Å². The minimum Gasteiger partial charge on any atom is -0.487 e. The Morgan fingerprint density at radius 1 is 1.19 bits per heavy atom. The van der Waals surface area contributed by atoms with Crippen molar-refractivity contribution in [2.75, 3.05) is 0 Å². The van der Waals surface area contributed by atoms with Crippen LogP contribution in [0.5, 0.6) is 5.75 Å². The smallest absolute Gasteiger partial charge is 0.336 e. The third-order valence-corrected chi connectivity index (χ3v) is 5.06. The quantitative estimate of drug-likeness (QED) is 0.449. The van der Waals surface area contributed by atoms with Crippen molar-refractivity contribution in [3.8, 4) is 16.5 Å². The summed E-state index contributed by atoms with van der Waals surface area (Å²) >= 11 is 1.54. The Labute approximate surface area is 160 Å². The maximum absolute atomic E-state index is 11.8. The first-order valence-electron chi connectivity index (χ1n) is 8.78. The molecule has 0 unspecified atom stereocenters. The molecule has 27 heavy (non-hydrogen) atoms. The third-order valence-electron chi connectivity index (χ3n) is 4.14. The van der Waals surface area contributed by atoms with Gasteiger partial charge in [0.1, 0.15) is 22.9 Å². The highest BCUT2D eigenvalue weighted by Gasteiger charge is 2.09. The Hall–Kier alpha value is -2.99. The predicted molar refractivity (Wildman–Crippen MR) is 106 cm³/mol. The molecule has 4 aromatic rings. The molecule has 5 nitrogen and oxygen atoms in total. The molecule has 0 aliphatic rings. The van der Waals surface area contributed by atoms with Crippen LogP contribution in [-0.2, 0) is 13.0 Å². The Balaban J connectivity index is 1.52. The van der Waals surface area contributed by atoms with Gasteiger partial charge in [0.15, 0.2) is 0 Å². The van der Waals surface area contributed by atoms with Crippen LogP contribution < -0.4 is 10.4 Å². The topological polar surface area (TPSA) is 65.2 Å². The van der Waals surface area contributed by atoms with E-state index in [1.807, 2.05) is 35.7 Å². The molecule has 3 heterocycles. The van der Waals surface area contributed by atoms with Crippen molar-refractivity contribution in [2.24, 2.45) is 0 Å². The van der Waals surface area contributed by atoms with Gasteiger partial charge in [-0.25, -0.2) is 9.78 Å². The number of nitrogens with zero attached hydrogens (tertiary/aromatic N) is 2. The molecule has 0 fully saturated rings. The maximum atomic E-state index is 11.8. The molecule has 1 aromatic carbocycles. The van der Waals surface area contributed by atoms with Gasteiger partial charge in [-0.15, -0.1) is 11.3 Å². The van der Waals surface area contributed by atoms with Crippen LogP contribution in [0.25, 0.3) is 21.7 Å². The summed E-state index contributed by atoms with van der Waals surface area (Å²) in [4.78, 5) is 20.7. The summed E-state index contributed by atoms with van der Waals surface area (Å²) in [6.45, 7) is 2.43. The molecule has 0 aliphatic heterocycles. The number of hydrogen-bond acceptors (Lipinski definition) is 6. The lowest BCUT2D eigenvalue weighted by molar-refractivity contribution is 0.302. The lowest BCUT2D eigenvalue weighted by Gasteiger charge is -2.07. The fourth-order valence-electron chi connectivity index (χ4n) is 2.91. The largest absolute Gasteiger partial charge is 0.487 e. The van der Waals surface area contributed by atoms with E-state index in [-0.39, 0.29) is 5.63 Å². The van der Waals surface area contributed by atoms with Gasteiger partial charge in [0.25, 0.3) is 0 Å². The molecule has 0 atom stereocenters. The number of pyridine rings is 1. The molecule has 0 N–H and O–H groups in total. The van der Waals surface area contributed by atoms with Crippen LogP contribution in [0.1, 0.15) is 24.6 Å². The van der Waals surface area contributed by atoms with Crippen LogP contribution in [0.15, 0.2) is 63.3 Å². The van der Waals surface area contributed by atoms with Gasteiger partial charge in [0, 0.05) is 29.1 Å². The Morgan fingerprint density at radius 2 is 2.11 bits per heavy atom. The van der Waals surface area contributed by atoms with Crippen LogP contribution in [0.2, 0.25) is 0 Å². The van der Waals surface area contributed by atoms with E-state index in [9.17, 15) is 4.79 Å². The van der Waals surface area contributed by atoms with Gasteiger partial charge in [0.05, 0.1) is 11.4 Å². The van der Waals surface area contributed by atoms with Crippen molar-refractivity contribution in [3.05, 3.63) is 75.7 Å². The zero-order valence-electron chi connectivity index (χ0n) is 14.8. The third kappa shape index (κ3) is 3.90. The molecule has 0 saturated heterocycles. The summed E-state index contributed by atoms with van der Waals surface area (Å²) in [6.07, 6.45) is 3.57. The van der Waals surface area contributed by atoms with Crippen molar-refractivity contribution in [1.82, 2.24) is 9.97 Å². The summed E-state index contributed by atoms with van der Waals surface area (Å²) in [6, 6.07) is 12.9. The first-order chi connectivity index (χ1) is 13.2. The van der Waals surface area contributed by atoms with E-state index in [2.05, 4.69) is 16.9 Å². The van der Waals surface area contributed by atoms with Gasteiger partial charge in [-0.1, -0.05) is 19.4 Å². The predicted octanol–water partition coefficient (Wildman–Crippen LogP) is 4.84. The lowest BCUT2D eigenvalue weighted by atomic mass is 10.1. The van der Waals surface area contributed by atoms with E-state index in [1.165, 1.54) is 11.3 Å². The van der Waals surface area contributed by atoms with E-state index in [4.69, 9.17) is 9.15 Å². The highest BCUT2D eigenvalue weighted by atomic mass is 32.1. The molecule has 0 bridgehead atoms. The van der Waals surface area contributed by atoms with Gasteiger partial charge in [-0.05, 0) is 36.2 Å². The molecule has 136 valence electrons. The summed E-state index contributed by atoms with van der Waals surface area (Å²) in [7, 11) is 0. The van der Waals surface area contributed by atoms with Crippen LogP contribution in [0.4, 0.5) is 0 Å². The Kier molecular flexibility index (Phi) is 4.98. The number of hydrogen-bond donors (Lipinski definition) is 0. The number of ether oxygens (including phenoxy) is 1. The normalized spacial score (nSPS) is 11.0. The lowest BCUT2D eigenvalue weighted by Crippen LogP contribution is -2.01. The number of aromatic nitrogens is 2. The second-order valence-corrected chi connectivity index (χ2v) is 7.00. The van der Waals surface area contributed by atoms with Gasteiger partial charge in [-0.2, -0.15) is 0 Å². The van der Waals surface area contributed by atoms with Crippen molar-refractivity contribution in [2.45, 2.75) is 26.4 Å². The number of rotatable bonds is 6. The second-order valence-electron chi connectivity index (χ2n) is 6.15. The second kappa shape index (κ2) is 7.72. The summed E-state index contributed by atoms with van der Waals surface area (Å²) in [5.41, 5.74) is 2.92. The standard InChI is InChI=1S/C21H18N2O3S/c1-2-5-14-10-20(24)26-19-11-16(7-8-17(14)19)25-12-15-13-27-21(23-15)18-6-3-4-9-22-18/h3-4,6-11,13H,2,5,12H2,1H3. The zero-order valence-corrected chi connectivity index (χ0v) is 15.7. The van der Waals surface area contributed by atoms with Crippen molar-refractivity contribution in [1.29, 1.82) is 0 Å². The van der Waals surface area contributed by atoms with E-state index in [0.29, 0.717) is 17.9 Å². The summed E-state index contributed by atoms with van der Waals surface area (Å²) in [5.74, 6) is 0.645. The first kappa shape index (κ1) is 17.4. The fourth-order valence-corrected chi connectivity index (χ4v) is 3.69. The Morgan fingerprint density at radius 3 is 2.93 bits per heavy atom. The number of benzene rings is 1. The average molecular weight is 378 g/mol. The fraction of sp³-hybridized carbons (Fsp3) is 0.190. The molecule has 0 saturated carbocycles. The van der Waals surface area contributed by atoms with Gasteiger partial charge in [-0.3, -0.25) is 4.98 Å². The molecule has 3 aromatic heterocycles. The number of thiazole rings is 1. The van der Waals surface area contributed by atoms with Crippen molar-refractivity contribution in [3.63, 3.8) is 0 Å². The van der Waals surface area contributed by atoms with Gasteiger partial charge >= 0.3 is 5.63 Å². The SMILES string of the molecule is CCCc1cc(=O)oc2cc(OCc3csc(-c4ccccn4)n3)ccc12. The molecule has 0 radical (unpaired) electrons. The highest BCUT2D eigenvalue weighted by Crippen LogP contribution is 2.25. The summed E-state index contributed by atoms with van der Waals surface area (Å²) < 4.78 is 11.2.